The van der Waals surface area contributed by atoms with Crippen molar-refractivity contribution in [3.63, 3.8) is 0 Å². The van der Waals surface area contributed by atoms with Gasteiger partial charge in [0, 0.05) is 38.5 Å². The van der Waals surface area contributed by atoms with E-state index in [-0.39, 0.29) is 24.7 Å². The molecule has 3 heterocycles. The second kappa shape index (κ2) is 8.92. The van der Waals surface area contributed by atoms with Crippen LogP contribution in [0.2, 0.25) is 0 Å². The standard InChI is InChI=1S/C21H30N4O3/c1-2-22-21(24-11-13-28-19(15-24)18-8-5-12-27-18)23-14-20(26)25-10-9-16-6-3-4-7-17(16)25/h3-4,6-7,18-19H,2,5,8-15H2,1H3,(H,22,23). The van der Waals surface area contributed by atoms with Gasteiger partial charge in [-0.3, -0.25) is 4.79 Å². The first kappa shape index (κ1) is 19.2. The number of nitrogens with zero attached hydrogens (tertiary/aromatic N) is 3. The van der Waals surface area contributed by atoms with E-state index in [0.717, 1.165) is 63.7 Å². The van der Waals surface area contributed by atoms with E-state index in [0.29, 0.717) is 6.61 Å². The molecule has 152 valence electrons. The third kappa shape index (κ3) is 4.15. The Kier molecular flexibility index (Phi) is 6.12. The van der Waals surface area contributed by atoms with Gasteiger partial charge in [0.2, 0.25) is 5.91 Å². The molecule has 1 amide bonds. The average Bonchev–Trinajstić information content (AvgIpc) is 3.41. The molecule has 1 N–H and O–H groups in total. The van der Waals surface area contributed by atoms with Crippen LogP contribution in [-0.2, 0) is 20.7 Å². The lowest BCUT2D eigenvalue weighted by Gasteiger charge is -2.37. The summed E-state index contributed by atoms with van der Waals surface area (Å²) < 4.78 is 11.7. The molecule has 3 aliphatic heterocycles. The number of guanidine groups is 1. The van der Waals surface area contributed by atoms with Crippen LogP contribution in [0, 0.1) is 0 Å². The number of carbonyl (C=O) groups excluding carboxylic acids is 1. The van der Waals surface area contributed by atoms with E-state index in [1.54, 1.807) is 0 Å². The van der Waals surface area contributed by atoms with Crippen molar-refractivity contribution in [2.24, 2.45) is 4.99 Å². The summed E-state index contributed by atoms with van der Waals surface area (Å²) in [7, 11) is 0. The van der Waals surface area contributed by atoms with Crippen molar-refractivity contribution in [3.05, 3.63) is 29.8 Å². The normalized spacial score (nSPS) is 25.1. The molecule has 0 aromatic heterocycles. The lowest BCUT2D eigenvalue weighted by molar-refractivity contribution is -0.117. The molecule has 28 heavy (non-hydrogen) atoms. The number of aliphatic imine (C=N–C) groups is 1. The molecular formula is C21H30N4O3. The summed E-state index contributed by atoms with van der Waals surface area (Å²) >= 11 is 0. The molecule has 3 aliphatic rings. The van der Waals surface area contributed by atoms with Crippen LogP contribution in [0.15, 0.2) is 29.3 Å². The first-order chi connectivity index (χ1) is 13.8. The molecule has 2 unspecified atom stereocenters. The van der Waals surface area contributed by atoms with Crippen molar-refractivity contribution in [2.75, 3.05) is 50.8 Å². The van der Waals surface area contributed by atoms with Gasteiger partial charge in [0.15, 0.2) is 5.96 Å². The monoisotopic (exact) mass is 386 g/mol. The fraction of sp³-hybridized carbons (Fsp3) is 0.619. The van der Waals surface area contributed by atoms with E-state index >= 15 is 0 Å². The molecule has 0 bridgehead atoms. The molecule has 7 heteroatoms. The Morgan fingerprint density at radius 3 is 2.89 bits per heavy atom. The first-order valence-corrected chi connectivity index (χ1v) is 10.4. The highest BCUT2D eigenvalue weighted by atomic mass is 16.5. The summed E-state index contributed by atoms with van der Waals surface area (Å²) in [4.78, 5) is 21.5. The summed E-state index contributed by atoms with van der Waals surface area (Å²) in [6.45, 7) is 6.70. The van der Waals surface area contributed by atoms with Crippen LogP contribution in [0.1, 0.15) is 25.3 Å². The second-order valence-electron chi connectivity index (χ2n) is 7.50. The molecule has 2 saturated heterocycles. The molecule has 2 atom stereocenters. The third-order valence-electron chi connectivity index (χ3n) is 5.66. The molecule has 4 rings (SSSR count). The first-order valence-electron chi connectivity index (χ1n) is 10.4. The van der Waals surface area contributed by atoms with E-state index in [4.69, 9.17) is 9.47 Å². The van der Waals surface area contributed by atoms with Crippen LogP contribution < -0.4 is 10.2 Å². The number of benzene rings is 1. The Hall–Kier alpha value is -2.12. The number of amides is 1. The molecule has 0 radical (unpaired) electrons. The Balaban J connectivity index is 1.41. The zero-order valence-electron chi connectivity index (χ0n) is 16.6. The van der Waals surface area contributed by atoms with Crippen LogP contribution in [-0.4, -0.2) is 74.9 Å². The van der Waals surface area contributed by atoms with Gasteiger partial charge in [-0.1, -0.05) is 18.2 Å². The molecule has 0 aliphatic carbocycles. The Bertz CT molecular complexity index is 717. The summed E-state index contributed by atoms with van der Waals surface area (Å²) in [5.74, 6) is 0.832. The number of morpholine rings is 1. The maximum absolute atomic E-state index is 12.8. The van der Waals surface area contributed by atoms with E-state index in [1.807, 2.05) is 30.0 Å². The van der Waals surface area contributed by atoms with E-state index in [1.165, 1.54) is 5.56 Å². The zero-order valence-corrected chi connectivity index (χ0v) is 16.6. The van der Waals surface area contributed by atoms with Crippen LogP contribution in [0.5, 0.6) is 0 Å². The minimum absolute atomic E-state index is 0.0456. The number of hydrogen-bond acceptors (Lipinski definition) is 4. The van der Waals surface area contributed by atoms with Gasteiger partial charge in [-0.05, 0) is 37.8 Å². The number of carbonyl (C=O) groups is 1. The van der Waals surface area contributed by atoms with Crippen molar-refractivity contribution < 1.29 is 14.3 Å². The van der Waals surface area contributed by atoms with Crippen LogP contribution in [0.3, 0.4) is 0 Å². The minimum Gasteiger partial charge on any atom is -0.375 e. The van der Waals surface area contributed by atoms with Gasteiger partial charge in [0.25, 0.3) is 0 Å². The average molecular weight is 386 g/mol. The Morgan fingerprint density at radius 1 is 1.21 bits per heavy atom. The summed E-state index contributed by atoms with van der Waals surface area (Å²) in [5, 5.41) is 3.34. The van der Waals surface area contributed by atoms with Crippen molar-refractivity contribution >= 4 is 17.6 Å². The number of fused-ring (bicyclic) bond motifs is 1. The number of nitrogens with one attached hydrogen (secondary N) is 1. The number of rotatable bonds is 4. The number of anilines is 1. The maximum Gasteiger partial charge on any atom is 0.248 e. The smallest absolute Gasteiger partial charge is 0.248 e. The molecule has 1 aromatic carbocycles. The van der Waals surface area contributed by atoms with Crippen molar-refractivity contribution in [3.8, 4) is 0 Å². The molecule has 7 nitrogen and oxygen atoms in total. The number of hydrogen-bond donors (Lipinski definition) is 1. The second-order valence-corrected chi connectivity index (χ2v) is 7.50. The van der Waals surface area contributed by atoms with Crippen molar-refractivity contribution in [2.45, 2.75) is 38.4 Å². The molecule has 0 spiro atoms. The fourth-order valence-corrected chi connectivity index (χ4v) is 4.24. The van der Waals surface area contributed by atoms with Gasteiger partial charge in [-0.2, -0.15) is 0 Å². The predicted octanol–water partition coefficient (Wildman–Crippen LogP) is 1.42. The molecular weight excluding hydrogens is 356 g/mol. The van der Waals surface area contributed by atoms with E-state index < -0.39 is 0 Å². The van der Waals surface area contributed by atoms with Crippen LogP contribution >= 0.6 is 0 Å². The molecule has 1 aromatic rings. The summed E-state index contributed by atoms with van der Waals surface area (Å²) in [5.41, 5.74) is 2.26. The van der Waals surface area contributed by atoms with Crippen molar-refractivity contribution in [1.29, 1.82) is 0 Å². The van der Waals surface area contributed by atoms with Gasteiger partial charge >= 0.3 is 0 Å². The summed E-state index contributed by atoms with van der Waals surface area (Å²) in [6, 6.07) is 8.12. The van der Waals surface area contributed by atoms with Crippen LogP contribution in [0.25, 0.3) is 0 Å². The van der Waals surface area contributed by atoms with Gasteiger partial charge in [-0.25, -0.2) is 4.99 Å². The third-order valence-corrected chi connectivity index (χ3v) is 5.66. The van der Waals surface area contributed by atoms with Gasteiger partial charge in [0.05, 0.1) is 12.7 Å². The van der Waals surface area contributed by atoms with Gasteiger partial charge in [-0.15, -0.1) is 0 Å². The zero-order chi connectivity index (χ0) is 19.3. The lowest BCUT2D eigenvalue weighted by Crippen LogP contribution is -2.53. The van der Waals surface area contributed by atoms with E-state index in [9.17, 15) is 4.79 Å². The topological polar surface area (TPSA) is 66.4 Å². The fourth-order valence-electron chi connectivity index (χ4n) is 4.24. The SMILES string of the molecule is CCNC(=NCC(=O)N1CCc2ccccc21)N1CCOC(C2CCCO2)C1. The number of para-hydroxylation sites is 1. The lowest BCUT2D eigenvalue weighted by atomic mass is 10.1. The molecule has 0 saturated carbocycles. The number of ether oxygens (including phenoxy) is 2. The minimum atomic E-state index is 0.0456. The Labute approximate surface area is 166 Å². The highest BCUT2D eigenvalue weighted by Crippen LogP contribution is 2.27. The largest absolute Gasteiger partial charge is 0.375 e. The van der Waals surface area contributed by atoms with Crippen LogP contribution in [0.4, 0.5) is 5.69 Å². The highest BCUT2D eigenvalue weighted by molar-refractivity contribution is 5.98. The summed E-state index contributed by atoms with van der Waals surface area (Å²) in [6.07, 6.45) is 3.32. The van der Waals surface area contributed by atoms with Gasteiger partial charge < -0.3 is 24.6 Å². The maximum atomic E-state index is 12.8. The Morgan fingerprint density at radius 2 is 2.07 bits per heavy atom. The van der Waals surface area contributed by atoms with E-state index in [2.05, 4.69) is 21.3 Å². The highest BCUT2D eigenvalue weighted by Gasteiger charge is 2.32. The quantitative estimate of drug-likeness (QED) is 0.626. The molecule has 2 fully saturated rings. The van der Waals surface area contributed by atoms with Gasteiger partial charge in [0.1, 0.15) is 12.6 Å². The predicted molar refractivity (Wildman–Crippen MR) is 109 cm³/mol. The van der Waals surface area contributed by atoms with Crippen molar-refractivity contribution in [1.82, 2.24) is 10.2 Å².